The van der Waals surface area contributed by atoms with Gasteiger partial charge in [-0.1, -0.05) is 6.07 Å². The number of hydrogen-bond acceptors (Lipinski definition) is 2. The Kier molecular flexibility index (Phi) is 2.30. The van der Waals surface area contributed by atoms with Gasteiger partial charge in [-0.25, -0.2) is 8.78 Å². The summed E-state index contributed by atoms with van der Waals surface area (Å²) in [6, 6.07) is 5.42. The van der Waals surface area contributed by atoms with Crippen LogP contribution in [0.1, 0.15) is 0 Å². The van der Waals surface area contributed by atoms with Crippen LogP contribution in [0.25, 0.3) is 5.65 Å². The van der Waals surface area contributed by atoms with Crippen LogP contribution in [0.4, 0.5) is 8.78 Å². The van der Waals surface area contributed by atoms with Gasteiger partial charge in [-0.2, -0.15) is 4.98 Å². The van der Waals surface area contributed by atoms with E-state index in [1.807, 2.05) is 12.1 Å². The fraction of sp³-hybridized carbons (Fsp3) is 0.222. The standard InChI is InChI=1S/C9H8F2N2O/c10-7(11)6-14-9-5-13-4-2-1-3-8(13)12-9/h1-5,7H,6H2. The SMILES string of the molecule is FC(F)COc1cn2ccccc2n1. The lowest BCUT2D eigenvalue weighted by Crippen LogP contribution is -2.06. The van der Waals surface area contributed by atoms with E-state index in [-0.39, 0.29) is 5.88 Å². The zero-order valence-electron chi connectivity index (χ0n) is 7.23. The van der Waals surface area contributed by atoms with Crippen molar-refractivity contribution in [2.75, 3.05) is 6.61 Å². The minimum atomic E-state index is -2.47. The van der Waals surface area contributed by atoms with E-state index in [1.54, 1.807) is 22.9 Å². The average Bonchev–Trinajstić information content (AvgIpc) is 2.57. The lowest BCUT2D eigenvalue weighted by molar-refractivity contribution is 0.0799. The third-order valence-electron chi connectivity index (χ3n) is 1.70. The Bertz CT molecular complexity index is 394. The molecular formula is C9H8F2N2O. The van der Waals surface area contributed by atoms with Crippen molar-refractivity contribution in [2.45, 2.75) is 6.43 Å². The molecule has 2 aromatic heterocycles. The Morgan fingerprint density at radius 3 is 3.00 bits per heavy atom. The third-order valence-corrected chi connectivity index (χ3v) is 1.70. The van der Waals surface area contributed by atoms with E-state index >= 15 is 0 Å². The summed E-state index contributed by atoms with van der Waals surface area (Å²) in [4.78, 5) is 3.99. The molecule has 0 aromatic carbocycles. The second kappa shape index (κ2) is 3.61. The molecule has 5 heteroatoms. The van der Waals surface area contributed by atoms with Crippen LogP contribution >= 0.6 is 0 Å². The second-order valence-electron chi connectivity index (χ2n) is 2.75. The predicted octanol–water partition coefficient (Wildman–Crippen LogP) is 1.98. The number of pyridine rings is 1. The zero-order valence-corrected chi connectivity index (χ0v) is 7.23. The van der Waals surface area contributed by atoms with E-state index < -0.39 is 13.0 Å². The zero-order chi connectivity index (χ0) is 9.97. The number of halogens is 2. The van der Waals surface area contributed by atoms with E-state index in [0.717, 1.165) is 0 Å². The molecule has 74 valence electrons. The molecule has 0 aliphatic carbocycles. The van der Waals surface area contributed by atoms with E-state index in [0.29, 0.717) is 5.65 Å². The molecule has 0 N–H and O–H groups in total. The highest BCUT2D eigenvalue weighted by molar-refractivity contribution is 5.40. The molecule has 14 heavy (non-hydrogen) atoms. The Labute approximate surface area is 78.9 Å². The third kappa shape index (κ3) is 1.81. The number of rotatable bonds is 3. The molecule has 0 spiro atoms. The molecular weight excluding hydrogens is 190 g/mol. The number of imidazole rings is 1. The van der Waals surface area contributed by atoms with E-state index in [1.165, 1.54) is 0 Å². The van der Waals surface area contributed by atoms with Gasteiger partial charge in [0.1, 0.15) is 5.65 Å². The quantitative estimate of drug-likeness (QED) is 0.753. The van der Waals surface area contributed by atoms with Crippen LogP contribution in [0.2, 0.25) is 0 Å². The summed E-state index contributed by atoms with van der Waals surface area (Å²) in [5.74, 6) is 0.219. The maximum absolute atomic E-state index is 11.8. The Balaban J connectivity index is 2.19. The molecule has 0 bridgehead atoms. The summed E-state index contributed by atoms with van der Waals surface area (Å²) < 4.78 is 30.1. The normalized spacial score (nSPS) is 11.1. The van der Waals surface area contributed by atoms with Crippen LogP contribution in [-0.2, 0) is 0 Å². The number of fused-ring (bicyclic) bond motifs is 1. The van der Waals surface area contributed by atoms with Crippen molar-refractivity contribution in [1.29, 1.82) is 0 Å². The molecule has 0 aliphatic rings. The van der Waals surface area contributed by atoms with Gasteiger partial charge in [0.05, 0.1) is 6.20 Å². The first-order valence-electron chi connectivity index (χ1n) is 4.10. The number of aromatic nitrogens is 2. The molecule has 0 saturated heterocycles. The summed E-state index contributed by atoms with van der Waals surface area (Å²) in [6.45, 7) is -0.621. The number of nitrogens with zero attached hydrogens (tertiary/aromatic N) is 2. The smallest absolute Gasteiger partial charge is 0.272 e. The molecule has 2 aromatic rings. The molecule has 2 heterocycles. The minimum absolute atomic E-state index is 0.219. The van der Waals surface area contributed by atoms with Crippen LogP contribution in [0.3, 0.4) is 0 Å². The van der Waals surface area contributed by atoms with Crippen LogP contribution in [0.15, 0.2) is 30.6 Å². The van der Waals surface area contributed by atoms with Crippen molar-refractivity contribution in [2.24, 2.45) is 0 Å². The van der Waals surface area contributed by atoms with Crippen molar-refractivity contribution >= 4 is 5.65 Å². The predicted molar refractivity (Wildman–Crippen MR) is 46.7 cm³/mol. The highest BCUT2D eigenvalue weighted by atomic mass is 19.3. The first-order valence-corrected chi connectivity index (χ1v) is 4.10. The maximum atomic E-state index is 11.8. The van der Waals surface area contributed by atoms with Crippen molar-refractivity contribution in [3.63, 3.8) is 0 Å². The number of hydrogen-bond donors (Lipinski definition) is 0. The Hall–Kier alpha value is -1.65. The molecule has 0 atom stereocenters. The fourth-order valence-electron chi connectivity index (χ4n) is 1.13. The summed E-state index contributed by atoms with van der Waals surface area (Å²) in [5, 5.41) is 0. The van der Waals surface area contributed by atoms with Gasteiger partial charge in [0.2, 0.25) is 5.88 Å². The van der Waals surface area contributed by atoms with Crippen molar-refractivity contribution in [3.05, 3.63) is 30.6 Å². The average molecular weight is 198 g/mol. The summed E-state index contributed by atoms with van der Waals surface area (Å²) in [6.07, 6.45) is 0.870. The monoisotopic (exact) mass is 198 g/mol. The highest BCUT2D eigenvalue weighted by Gasteiger charge is 2.06. The van der Waals surface area contributed by atoms with Gasteiger partial charge in [0.15, 0.2) is 6.61 Å². The van der Waals surface area contributed by atoms with Gasteiger partial charge >= 0.3 is 0 Å². The molecule has 3 nitrogen and oxygen atoms in total. The van der Waals surface area contributed by atoms with Crippen LogP contribution in [0, 0.1) is 0 Å². The Morgan fingerprint density at radius 1 is 1.43 bits per heavy atom. The molecule has 0 aliphatic heterocycles. The molecule has 0 unspecified atom stereocenters. The summed E-state index contributed by atoms with van der Waals surface area (Å²) in [7, 11) is 0. The number of ether oxygens (including phenoxy) is 1. The topological polar surface area (TPSA) is 26.5 Å². The van der Waals surface area contributed by atoms with Crippen molar-refractivity contribution < 1.29 is 13.5 Å². The van der Waals surface area contributed by atoms with Gasteiger partial charge in [0.25, 0.3) is 6.43 Å². The van der Waals surface area contributed by atoms with Gasteiger partial charge in [0, 0.05) is 6.20 Å². The fourth-order valence-corrected chi connectivity index (χ4v) is 1.13. The molecule has 0 radical (unpaired) electrons. The second-order valence-corrected chi connectivity index (χ2v) is 2.75. The largest absolute Gasteiger partial charge is 0.470 e. The van der Waals surface area contributed by atoms with Gasteiger partial charge < -0.3 is 9.14 Å². The molecule has 0 amide bonds. The number of alkyl halides is 2. The summed E-state index contributed by atoms with van der Waals surface area (Å²) in [5.41, 5.74) is 0.678. The van der Waals surface area contributed by atoms with Gasteiger partial charge in [-0.15, -0.1) is 0 Å². The first-order chi connectivity index (χ1) is 6.75. The lowest BCUT2D eigenvalue weighted by atomic mass is 10.5. The van der Waals surface area contributed by atoms with Crippen LogP contribution in [-0.4, -0.2) is 22.4 Å². The van der Waals surface area contributed by atoms with Crippen molar-refractivity contribution in [3.8, 4) is 5.88 Å². The minimum Gasteiger partial charge on any atom is -0.470 e. The van der Waals surface area contributed by atoms with E-state index in [4.69, 9.17) is 4.74 Å². The van der Waals surface area contributed by atoms with Gasteiger partial charge in [-0.3, -0.25) is 0 Å². The first kappa shape index (κ1) is 8.93. The van der Waals surface area contributed by atoms with Crippen molar-refractivity contribution in [1.82, 2.24) is 9.38 Å². The van der Waals surface area contributed by atoms with Crippen LogP contribution < -0.4 is 4.74 Å². The van der Waals surface area contributed by atoms with E-state index in [2.05, 4.69) is 4.98 Å². The Morgan fingerprint density at radius 2 is 2.29 bits per heavy atom. The maximum Gasteiger partial charge on any atom is 0.272 e. The molecule has 2 rings (SSSR count). The highest BCUT2D eigenvalue weighted by Crippen LogP contribution is 2.11. The summed E-state index contributed by atoms with van der Waals surface area (Å²) >= 11 is 0. The van der Waals surface area contributed by atoms with Gasteiger partial charge in [-0.05, 0) is 12.1 Å². The molecule has 0 fully saturated rings. The van der Waals surface area contributed by atoms with Crippen LogP contribution in [0.5, 0.6) is 5.88 Å². The van der Waals surface area contributed by atoms with E-state index in [9.17, 15) is 8.78 Å². The molecule has 0 saturated carbocycles. The lowest BCUT2D eigenvalue weighted by Gasteiger charge is -1.98.